The van der Waals surface area contributed by atoms with Gasteiger partial charge in [-0.05, 0) is 24.0 Å². The lowest BCUT2D eigenvalue weighted by molar-refractivity contribution is -0.123. The zero-order valence-electron chi connectivity index (χ0n) is 10.2. The van der Waals surface area contributed by atoms with Crippen LogP contribution < -0.4 is 11.1 Å². The van der Waals surface area contributed by atoms with Crippen molar-refractivity contribution in [1.29, 1.82) is 0 Å². The summed E-state index contributed by atoms with van der Waals surface area (Å²) in [6.45, 7) is 4.42. The molecule has 1 aromatic carbocycles. The van der Waals surface area contributed by atoms with Crippen molar-refractivity contribution in [3.8, 4) is 0 Å². The molecule has 0 aliphatic heterocycles. The van der Waals surface area contributed by atoms with Gasteiger partial charge in [0.25, 0.3) is 0 Å². The van der Waals surface area contributed by atoms with Crippen LogP contribution in [0.5, 0.6) is 0 Å². The van der Waals surface area contributed by atoms with Gasteiger partial charge in [0.1, 0.15) is 0 Å². The van der Waals surface area contributed by atoms with Crippen LogP contribution in [0.1, 0.15) is 19.4 Å². The molecule has 0 saturated carbocycles. The molecule has 0 bridgehead atoms. The molecule has 94 valence electrons. The van der Waals surface area contributed by atoms with Gasteiger partial charge in [0, 0.05) is 11.6 Å². The summed E-state index contributed by atoms with van der Waals surface area (Å²) in [4.78, 5) is 11.6. The molecule has 0 aliphatic rings. The van der Waals surface area contributed by atoms with Crippen LogP contribution in [0.3, 0.4) is 0 Å². The van der Waals surface area contributed by atoms with Crippen LogP contribution in [-0.4, -0.2) is 18.5 Å². The molecule has 0 heterocycles. The number of hydrogen-bond acceptors (Lipinski definition) is 2. The van der Waals surface area contributed by atoms with Gasteiger partial charge in [-0.1, -0.05) is 43.6 Å². The molecule has 0 aliphatic carbocycles. The van der Waals surface area contributed by atoms with E-state index >= 15 is 0 Å². The SMILES string of the molecule is CC(C)C(N)C(=O)NCCc1ccccc1Cl. The van der Waals surface area contributed by atoms with Crippen molar-refractivity contribution >= 4 is 17.5 Å². The third-order valence-electron chi connectivity index (χ3n) is 2.67. The van der Waals surface area contributed by atoms with Gasteiger partial charge >= 0.3 is 0 Å². The van der Waals surface area contributed by atoms with Gasteiger partial charge in [0.15, 0.2) is 0 Å². The number of halogens is 1. The lowest BCUT2D eigenvalue weighted by Gasteiger charge is -2.15. The van der Waals surface area contributed by atoms with Crippen molar-refractivity contribution in [2.45, 2.75) is 26.3 Å². The summed E-state index contributed by atoms with van der Waals surface area (Å²) in [7, 11) is 0. The Hall–Kier alpha value is -1.06. The van der Waals surface area contributed by atoms with Gasteiger partial charge in [-0.2, -0.15) is 0 Å². The van der Waals surface area contributed by atoms with Gasteiger partial charge in [-0.3, -0.25) is 4.79 Å². The zero-order chi connectivity index (χ0) is 12.8. The second kappa shape index (κ2) is 6.62. The topological polar surface area (TPSA) is 55.1 Å². The molecule has 3 N–H and O–H groups in total. The number of benzene rings is 1. The molecule has 0 aromatic heterocycles. The first kappa shape index (κ1) is 14.0. The van der Waals surface area contributed by atoms with Crippen molar-refractivity contribution in [3.05, 3.63) is 34.9 Å². The van der Waals surface area contributed by atoms with E-state index in [-0.39, 0.29) is 11.8 Å². The van der Waals surface area contributed by atoms with E-state index < -0.39 is 6.04 Å². The predicted octanol–water partition coefficient (Wildman–Crippen LogP) is 1.98. The van der Waals surface area contributed by atoms with E-state index in [1.54, 1.807) is 0 Å². The van der Waals surface area contributed by atoms with Crippen LogP contribution >= 0.6 is 11.6 Å². The highest BCUT2D eigenvalue weighted by molar-refractivity contribution is 6.31. The highest BCUT2D eigenvalue weighted by Crippen LogP contribution is 2.14. The van der Waals surface area contributed by atoms with E-state index in [0.717, 1.165) is 17.0 Å². The fraction of sp³-hybridized carbons (Fsp3) is 0.462. The van der Waals surface area contributed by atoms with Crippen molar-refractivity contribution in [3.63, 3.8) is 0 Å². The summed E-state index contributed by atoms with van der Waals surface area (Å²) in [5.74, 6) is 0.0439. The highest BCUT2D eigenvalue weighted by atomic mass is 35.5. The van der Waals surface area contributed by atoms with Crippen LogP contribution in [0, 0.1) is 5.92 Å². The Morgan fingerprint density at radius 3 is 2.65 bits per heavy atom. The fourth-order valence-electron chi connectivity index (χ4n) is 1.44. The van der Waals surface area contributed by atoms with E-state index in [2.05, 4.69) is 5.32 Å². The molecule has 0 spiro atoms. The standard InChI is InChI=1S/C13H19ClN2O/c1-9(2)12(15)13(17)16-8-7-10-5-3-4-6-11(10)14/h3-6,9,12H,7-8,15H2,1-2H3,(H,16,17). The Kier molecular flexibility index (Phi) is 5.45. The highest BCUT2D eigenvalue weighted by Gasteiger charge is 2.16. The molecule has 1 amide bonds. The minimum atomic E-state index is -0.443. The van der Waals surface area contributed by atoms with E-state index in [4.69, 9.17) is 17.3 Å². The van der Waals surface area contributed by atoms with Gasteiger partial charge in [0.2, 0.25) is 5.91 Å². The second-order valence-corrected chi connectivity index (χ2v) is 4.81. The molecule has 1 rings (SSSR count). The van der Waals surface area contributed by atoms with Crippen molar-refractivity contribution in [1.82, 2.24) is 5.32 Å². The Bertz CT molecular complexity index is 379. The molecule has 0 radical (unpaired) electrons. The Labute approximate surface area is 107 Å². The van der Waals surface area contributed by atoms with Gasteiger partial charge in [-0.25, -0.2) is 0 Å². The minimum absolute atomic E-state index is 0.105. The molecule has 4 heteroatoms. The number of carbonyl (C=O) groups is 1. The summed E-state index contributed by atoms with van der Waals surface area (Å²) in [5, 5.41) is 3.55. The third kappa shape index (κ3) is 4.36. The van der Waals surface area contributed by atoms with Crippen LogP contribution in [-0.2, 0) is 11.2 Å². The number of hydrogen-bond donors (Lipinski definition) is 2. The maximum absolute atomic E-state index is 11.6. The molecular weight excluding hydrogens is 236 g/mol. The Morgan fingerprint density at radius 2 is 2.06 bits per heavy atom. The second-order valence-electron chi connectivity index (χ2n) is 4.40. The number of carbonyl (C=O) groups excluding carboxylic acids is 1. The van der Waals surface area contributed by atoms with Crippen LogP contribution in [0.4, 0.5) is 0 Å². The van der Waals surface area contributed by atoms with Gasteiger partial charge in [-0.15, -0.1) is 0 Å². The van der Waals surface area contributed by atoms with Crippen molar-refractivity contribution in [2.24, 2.45) is 11.7 Å². The summed E-state index contributed by atoms with van der Waals surface area (Å²) in [6.07, 6.45) is 0.718. The maximum atomic E-state index is 11.6. The first-order valence-corrected chi connectivity index (χ1v) is 6.17. The summed E-state index contributed by atoms with van der Waals surface area (Å²) in [5.41, 5.74) is 6.77. The maximum Gasteiger partial charge on any atom is 0.237 e. The average molecular weight is 255 g/mol. The third-order valence-corrected chi connectivity index (χ3v) is 3.04. The molecule has 17 heavy (non-hydrogen) atoms. The number of nitrogens with two attached hydrogens (primary N) is 1. The molecule has 1 aromatic rings. The molecule has 0 fully saturated rings. The molecular formula is C13H19ClN2O. The van der Waals surface area contributed by atoms with E-state index in [0.29, 0.717) is 6.54 Å². The Balaban J connectivity index is 2.38. The molecule has 1 unspecified atom stereocenters. The summed E-state index contributed by atoms with van der Waals surface area (Å²) < 4.78 is 0. The lowest BCUT2D eigenvalue weighted by Crippen LogP contribution is -2.44. The van der Waals surface area contributed by atoms with E-state index in [1.807, 2.05) is 38.1 Å². The van der Waals surface area contributed by atoms with Gasteiger partial charge < -0.3 is 11.1 Å². The first-order valence-electron chi connectivity index (χ1n) is 5.79. The lowest BCUT2D eigenvalue weighted by atomic mass is 10.0. The Morgan fingerprint density at radius 1 is 1.41 bits per heavy atom. The molecule has 3 nitrogen and oxygen atoms in total. The number of rotatable bonds is 5. The normalized spacial score (nSPS) is 12.5. The summed E-state index contributed by atoms with van der Waals surface area (Å²) in [6, 6.07) is 7.18. The van der Waals surface area contributed by atoms with E-state index in [9.17, 15) is 4.79 Å². The van der Waals surface area contributed by atoms with Crippen molar-refractivity contribution < 1.29 is 4.79 Å². The fourth-order valence-corrected chi connectivity index (χ4v) is 1.67. The number of amides is 1. The van der Waals surface area contributed by atoms with Crippen LogP contribution in [0.15, 0.2) is 24.3 Å². The zero-order valence-corrected chi connectivity index (χ0v) is 11.0. The quantitative estimate of drug-likeness (QED) is 0.844. The van der Waals surface area contributed by atoms with Crippen LogP contribution in [0.2, 0.25) is 5.02 Å². The monoisotopic (exact) mass is 254 g/mol. The predicted molar refractivity (Wildman–Crippen MR) is 71.0 cm³/mol. The molecule has 0 saturated heterocycles. The smallest absolute Gasteiger partial charge is 0.237 e. The van der Waals surface area contributed by atoms with Gasteiger partial charge in [0.05, 0.1) is 6.04 Å². The molecule has 1 atom stereocenters. The van der Waals surface area contributed by atoms with E-state index in [1.165, 1.54) is 0 Å². The first-order chi connectivity index (χ1) is 8.02. The van der Waals surface area contributed by atoms with Crippen LogP contribution in [0.25, 0.3) is 0 Å². The number of nitrogens with one attached hydrogen (secondary N) is 1. The largest absolute Gasteiger partial charge is 0.354 e. The minimum Gasteiger partial charge on any atom is -0.354 e. The summed E-state index contributed by atoms with van der Waals surface area (Å²) >= 11 is 6.02. The van der Waals surface area contributed by atoms with Crippen molar-refractivity contribution in [2.75, 3.05) is 6.54 Å². The average Bonchev–Trinajstić information content (AvgIpc) is 2.30.